The largest absolute Gasteiger partial charge is 0.449 e. The smallest absolute Gasteiger partial charge is 0.414 e. The highest BCUT2D eigenvalue weighted by Gasteiger charge is 2.31. The molecule has 5 amide bonds. The summed E-state index contributed by atoms with van der Waals surface area (Å²) in [4.78, 5) is 38.8. The molecule has 2 aliphatic heterocycles. The molecule has 0 spiro atoms. The fourth-order valence-corrected chi connectivity index (χ4v) is 3.58. The first-order chi connectivity index (χ1) is 15.0. The van der Waals surface area contributed by atoms with Crippen LogP contribution >= 0.6 is 11.6 Å². The van der Waals surface area contributed by atoms with Crippen LogP contribution in [0.2, 0.25) is 5.02 Å². The van der Waals surface area contributed by atoms with Crippen molar-refractivity contribution < 1.29 is 19.1 Å². The Morgan fingerprint density at radius 1 is 0.806 bits per heavy atom. The maximum Gasteiger partial charge on any atom is 0.414 e. The number of nitrogens with zero attached hydrogens (tertiary/aromatic N) is 3. The van der Waals surface area contributed by atoms with Crippen LogP contribution in [0.3, 0.4) is 0 Å². The first-order valence-corrected chi connectivity index (χ1v) is 10.4. The molecule has 0 bridgehead atoms. The molecular weight excluding hydrogens is 422 g/mol. The van der Waals surface area contributed by atoms with Gasteiger partial charge in [0, 0.05) is 41.7 Å². The van der Waals surface area contributed by atoms with Crippen molar-refractivity contribution in [3.63, 3.8) is 0 Å². The van der Waals surface area contributed by atoms with E-state index in [4.69, 9.17) is 16.3 Å². The second kappa shape index (κ2) is 9.13. The molecule has 2 aliphatic rings. The highest BCUT2D eigenvalue weighted by Crippen LogP contribution is 2.22. The van der Waals surface area contributed by atoms with Crippen LogP contribution in [0, 0.1) is 0 Å². The summed E-state index contributed by atoms with van der Waals surface area (Å²) >= 11 is 5.87. The SMILES string of the molecule is O=C1OCCCN1c1ccc(NC(=O)N2CCCN2C(=O)Nc2ccc(Cl)cc2)cc1. The average Bonchev–Trinajstić information content (AvgIpc) is 3.27. The minimum Gasteiger partial charge on any atom is -0.449 e. The van der Waals surface area contributed by atoms with Crippen LogP contribution in [-0.4, -0.2) is 54.4 Å². The average molecular weight is 444 g/mol. The quantitative estimate of drug-likeness (QED) is 0.736. The van der Waals surface area contributed by atoms with Crippen molar-refractivity contribution in [1.82, 2.24) is 10.0 Å². The van der Waals surface area contributed by atoms with Gasteiger partial charge >= 0.3 is 18.2 Å². The monoisotopic (exact) mass is 443 g/mol. The molecule has 0 radical (unpaired) electrons. The molecule has 10 heteroatoms. The van der Waals surface area contributed by atoms with Crippen molar-refractivity contribution in [2.24, 2.45) is 0 Å². The number of amides is 5. The summed E-state index contributed by atoms with van der Waals surface area (Å²) in [7, 11) is 0. The molecule has 4 rings (SSSR count). The number of rotatable bonds is 3. The number of hydrogen-bond acceptors (Lipinski definition) is 4. The number of halogens is 1. The molecule has 31 heavy (non-hydrogen) atoms. The number of cyclic esters (lactones) is 1. The van der Waals surface area contributed by atoms with E-state index in [1.165, 1.54) is 10.0 Å². The summed E-state index contributed by atoms with van der Waals surface area (Å²) in [6, 6.07) is 12.9. The maximum atomic E-state index is 12.8. The summed E-state index contributed by atoms with van der Waals surface area (Å²) in [5.74, 6) is 0. The maximum absolute atomic E-state index is 12.8. The van der Waals surface area contributed by atoms with E-state index in [1.54, 1.807) is 53.4 Å². The fourth-order valence-electron chi connectivity index (χ4n) is 3.45. The Kier molecular flexibility index (Phi) is 6.13. The number of benzene rings is 2. The lowest BCUT2D eigenvalue weighted by atomic mass is 10.2. The van der Waals surface area contributed by atoms with Gasteiger partial charge in [0.25, 0.3) is 0 Å². The van der Waals surface area contributed by atoms with Crippen molar-refractivity contribution >= 4 is 46.8 Å². The Morgan fingerprint density at radius 3 is 1.90 bits per heavy atom. The van der Waals surface area contributed by atoms with Crippen LogP contribution in [-0.2, 0) is 4.74 Å². The molecule has 2 N–H and O–H groups in total. The van der Waals surface area contributed by atoms with Crippen molar-refractivity contribution in [3.05, 3.63) is 53.6 Å². The molecule has 0 unspecified atom stereocenters. The minimum absolute atomic E-state index is 0.373. The Bertz CT molecular complexity index is 967. The van der Waals surface area contributed by atoms with E-state index >= 15 is 0 Å². The summed E-state index contributed by atoms with van der Waals surface area (Å²) in [5.41, 5.74) is 1.85. The zero-order chi connectivity index (χ0) is 21.8. The van der Waals surface area contributed by atoms with E-state index in [1.807, 2.05) is 0 Å². The topological polar surface area (TPSA) is 94.2 Å². The molecule has 0 aromatic heterocycles. The number of anilines is 3. The molecule has 0 atom stereocenters. The van der Waals surface area contributed by atoms with Crippen LogP contribution < -0.4 is 15.5 Å². The van der Waals surface area contributed by atoms with Crippen molar-refractivity contribution in [3.8, 4) is 0 Å². The van der Waals surface area contributed by atoms with Gasteiger partial charge in [-0.25, -0.2) is 24.4 Å². The van der Waals surface area contributed by atoms with Gasteiger partial charge in [-0.15, -0.1) is 0 Å². The lowest BCUT2D eigenvalue weighted by molar-refractivity contribution is 0.103. The summed E-state index contributed by atoms with van der Waals surface area (Å²) in [6.07, 6.45) is 1.08. The van der Waals surface area contributed by atoms with Crippen LogP contribution in [0.5, 0.6) is 0 Å². The van der Waals surface area contributed by atoms with Gasteiger partial charge in [0.1, 0.15) is 0 Å². The number of urea groups is 2. The highest BCUT2D eigenvalue weighted by molar-refractivity contribution is 6.30. The zero-order valence-electron chi connectivity index (χ0n) is 16.7. The standard InChI is InChI=1S/C21H22ClN5O4/c22-15-3-5-16(6-4-15)23-19(28)26-12-1-13-27(26)20(29)24-17-7-9-18(10-8-17)25-11-2-14-31-21(25)30/h3-10H,1-2,11-14H2,(H,23,28)(H,24,29). The van der Waals surface area contributed by atoms with Gasteiger partial charge in [0.15, 0.2) is 0 Å². The highest BCUT2D eigenvalue weighted by atomic mass is 35.5. The van der Waals surface area contributed by atoms with Crippen LogP contribution in [0.25, 0.3) is 0 Å². The van der Waals surface area contributed by atoms with Gasteiger partial charge in [-0.05, 0) is 61.4 Å². The Morgan fingerprint density at radius 2 is 1.35 bits per heavy atom. The second-order valence-corrected chi connectivity index (χ2v) is 7.57. The Labute approximate surface area is 184 Å². The van der Waals surface area contributed by atoms with Gasteiger partial charge in [0.2, 0.25) is 0 Å². The third-order valence-corrected chi connectivity index (χ3v) is 5.25. The molecule has 2 aromatic rings. The van der Waals surface area contributed by atoms with Gasteiger partial charge < -0.3 is 15.4 Å². The Hall–Kier alpha value is -3.46. The third kappa shape index (κ3) is 4.83. The third-order valence-electron chi connectivity index (χ3n) is 5.00. The number of carbonyl (C=O) groups excluding carboxylic acids is 3. The van der Waals surface area contributed by atoms with E-state index in [0.29, 0.717) is 54.7 Å². The summed E-state index contributed by atoms with van der Waals surface area (Å²) < 4.78 is 5.05. The summed E-state index contributed by atoms with van der Waals surface area (Å²) in [5, 5.41) is 8.89. The molecule has 0 saturated carbocycles. The fraction of sp³-hybridized carbons (Fsp3) is 0.286. The Balaban J connectivity index is 1.37. The first kappa shape index (κ1) is 20.8. The van der Waals surface area contributed by atoms with Crippen molar-refractivity contribution in [2.75, 3.05) is 41.8 Å². The predicted octanol–water partition coefficient (Wildman–Crippen LogP) is 4.37. The van der Waals surface area contributed by atoms with E-state index in [-0.39, 0.29) is 6.09 Å². The van der Waals surface area contributed by atoms with E-state index in [9.17, 15) is 14.4 Å². The normalized spacial score (nSPS) is 16.2. The number of hydrogen-bond donors (Lipinski definition) is 2. The molecular formula is C21H22ClN5O4. The first-order valence-electron chi connectivity index (χ1n) is 9.98. The molecule has 2 heterocycles. The number of carbonyl (C=O) groups is 3. The molecule has 9 nitrogen and oxygen atoms in total. The zero-order valence-corrected chi connectivity index (χ0v) is 17.5. The van der Waals surface area contributed by atoms with Crippen molar-refractivity contribution in [1.29, 1.82) is 0 Å². The molecule has 2 aromatic carbocycles. The predicted molar refractivity (Wildman–Crippen MR) is 117 cm³/mol. The van der Waals surface area contributed by atoms with Crippen LogP contribution in [0.4, 0.5) is 31.4 Å². The molecule has 0 aliphatic carbocycles. The lowest BCUT2D eigenvalue weighted by Crippen LogP contribution is -2.48. The van der Waals surface area contributed by atoms with Crippen molar-refractivity contribution in [2.45, 2.75) is 12.8 Å². The summed E-state index contributed by atoms with van der Waals surface area (Å²) in [6.45, 7) is 1.89. The minimum atomic E-state index is -0.408. The molecule has 2 saturated heterocycles. The molecule has 162 valence electrons. The van der Waals surface area contributed by atoms with Gasteiger partial charge in [-0.1, -0.05) is 11.6 Å². The second-order valence-electron chi connectivity index (χ2n) is 7.13. The number of hydrazine groups is 1. The number of nitrogens with one attached hydrogen (secondary N) is 2. The van der Waals surface area contributed by atoms with Gasteiger partial charge in [-0.3, -0.25) is 4.90 Å². The van der Waals surface area contributed by atoms with E-state index in [2.05, 4.69) is 10.6 Å². The van der Waals surface area contributed by atoms with Crippen LogP contribution in [0.1, 0.15) is 12.8 Å². The lowest BCUT2D eigenvalue weighted by Gasteiger charge is -2.28. The number of ether oxygens (including phenoxy) is 1. The van der Waals surface area contributed by atoms with E-state index < -0.39 is 12.1 Å². The molecule has 2 fully saturated rings. The van der Waals surface area contributed by atoms with E-state index in [0.717, 1.165) is 6.42 Å². The van der Waals surface area contributed by atoms with Gasteiger partial charge in [-0.2, -0.15) is 0 Å². The van der Waals surface area contributed by atoms with Gasteiger partial charge in [0.05, 0.1) is 6.61 Å². The van der Waals surface area contributed by atoms with Crippen LogP contribution in [0.15, 0.2) is 48.5 Å².